The van der Waals surface area contributed by atoms with Gasteiger partial charge in [0.25, 0.3) is 0 Å². The molecule has 7 heteroatoms. The zero-order valence-electron chi connectivity index (χ0n) is 11.6. The number of aromatic nitrogens is 4. The summed E-state index contributed by atoms with van der Waals surface area (Å²) in [6.07, 6.45) is 5.11. The number of anilines is 3. The van der Waals surface area contributed by atoms with Gasteiger partial charge in [-0.3, -0.25) is 4.98 Å². The fraction of sp³-hybridized carbons (Fsp3) is 0.0667. The van der Waals surface area contributed by atoms with Crippen LogP contribution in [0.3, 0.4) is 0 Å². The maximum atomic E-state index is 4.39. The predicted molar refractivity (Wildman–Crippen MR) is 88.8 cm³/mol. The van der Waals surface area contributed by atoms with E-state index < -0.39 is 0 Å². The Labute approximate surface area is 136 Å². The minimum absolute atomic E-state index is 0.437. The van der Waals surface area contributed by atoms with Gasteiger partial charge in [0.2, 0.25) is 5.95 Å². The highest BCUT2D eigenvalue weighted by Crippen LogP contribution is 2.23. The zero-order chi connectivity index (χ0) is 15.2. The van der Waals surface area contributed by atoms with E-state index in [0.29, 0.717) is 18.3 Å². The molecule has 0 radical (unpaired) electrons. The van der Waals surface area contributed by atoms with Crippen molar-refractivity contribution in [1.29, 1.82) is 0 Å². The van der Waals surface area contributed by atoms with Crippen molar-refractivity contribution in [2.24, 2.45) is 0 Å². The Balaban J connectivity index is 1.69. The summed E-state index contributed by atoms with van der Waals surface area (Å²) in [6, 6.07) is 11.7. The fourth-order valence-corrected chi connectivity index (χ4v) is 2.20. The average molecular weight is 357 g/mol. The lowest BCUT2D eigenvalue weighted by molar-refractivity contribution is 0.965. The first-order chi connectivity index (χ1) is 10.8. The van der Waals surface area contributed by atoms with Crippen molar-refractivity contribution < 1.29 is 0 Å². The molecule has 0 atom stereocenters. The van der Waals surface area contributed by atoms with E-state index in [1.807, 2.05) is 36.4 Å². The molecular weight excluding hydrogens is 344 g/mol. The van der Waals surface area contributed by atoms with Crippen LogP contribution in [0.25, 0.3) is 0 Å². The molecule has 0 aliphatic carbocycles. The van der Waals surface area contributed by atoms with E-state index in [4.69, 9.17) is 0 Å². The van der Waals surface area contributed by atoms with Crippen molar-refractivity contribution >= 4 is 33.4 Å². The molecule has 3 rings (SSSR count). The van der Waals surface area contributed by atoms with E-state index in [1.54, 1.807) is 18.6 Å². The maximum absolute atomic E-state index is 4.39. The van der Waals surface area contributed by atoms with Gasteiger partial charge in [-0.25, -0.2) is 0 Å². The van der Waals surface area contributed by atoms with E-state index in [2.05, 4.69) is 46.7 Å². The number of nitrogens with zero attached hydrogens (tertiary/aromatic N) is 4. The van der Waals surface area contributed by atoms with Crippen LogP contribution >= 0.6 is 15.9 Å². The average Bonchev–Trinajstić information content (AvgIpc) is 2.57. The van der Waals surface area contributed by atoms with Crippen LogP contribution in [0.2, 0.25) is 0 Å². The first-order valence-corrected chi connectivity index (χ1v) is 7.44. The molecular formula is C15H13BrN6. The van der Waals surface area contributed by atoms with Gasteiger partial charge < -0.3 is 10.6 Å². The Kier molecular flexibility index (Phi) is 4.55. The smallest absolute Gasteiger partial charge is 0.249 e. The number of pyridine rings is 1. The van der Waals surface area contributed by atoms with Crippen LogP contribution < -0.4 is 10.6 Å². The molecule has 0 spiro atoms. The van der Waals surface area contributed by atoms with Gasteiger partial charge in [0, 0.05) is 23.4 Å². The predicted octanol–water partition coefficient (Wildman–Crippen LogP) is 3.38. The summed E-state index contributed by atoms with van der Waals surface area (Å²) < 4.78 is 0.939. The van der Waals surface area contributed by atoms with Crippen molar-refractivity contribution in [1.82, 2.24) is 20.2 Å². The van der Waals surface area contributed by atoms with Crippen molar-refractivity contribution in [3.63, 3.8) is 0 Å². The SMILES string of the molecule is Brc1ccccc1Nc1nncc(NCc2ccncc2)n1. The van der Waals surface area contributed by atoms with Crippen LogP contribution in [0.5, 0.6) is 0 Å². The minimum Gasteiger partial charge on any atom is -0.365 e. The first kappa shape index (κ1) is 14.4. The molecule has 6 nitrogen and oxygen atoms in total. The second-order valence-electron chi connectivity index (χ2n) is 4.48. The summed E-state index contributed by atoms with van der Waals surface area (Å²) >= 11 is 3.47. The Morgan fingerprint density at radius 3 is 2.68 bits per heavy atom. The molecule has 0 saturated heterocycles. The topological polar surface area (TPSA) is 75.6 Å². The highest BCUT2D eigenvalue weighted by atomic mass is 79.9. The number of hydrogen-bond donors (Lipinski definition) is 2. The molecule has 2 aromatic heterocycles. The lowest BCUT2D eigenvalue weighted by atomic mass is 10.3. The number of nitrogens with one attached hydrogen (secondary N) is 2. The standard InChI is InChI=1S/C15H13BrN6/c16-12-3-1-2-4-13(12)20-15-21-14(10-19-22-15)18-9-11-5-7-17-8-6-11/h1-8,10H,9H2,(H2,18,20,21,22). The van der Waals surface area contributed by atoms with Gasteiger partial charge in [-0.15, -0.1) is 5.10 Å². The lowest BCUT2D eigenvalue weighted by Crippen LogP contribution is -2.05. The molecule has 2 heterocycles. The zero-order valence-corrected chi connectivity index (χ0v) is 13.2. The summed E-state index contributed by atoms with van der Waals surface area (Å²) in [7, 11) is 0. The van der Waals surface area contributed by atoms with Crippen LogP contribution in [-0.2, 0) is 6.54 Å². The molecule has 1 aromatic carbocycles. The molecule has 0 saturated carbocycles. The van der Waals surface area contributed by atoms with E-state index >= 15 is 0 Å². The summed E-state index contributed by atoms with van der Waals surface area (Å²) in [5.74, 6) is 1.09. The van der Waals surface area contributed by atoms with Gasteiger partial charge >= 0.3 is 0 Å². The molecule has 3 aromatic rings. The summed E-state index contributed by atoms with van der Waals surface area (Å²) in [4.78, 5) is 8.38. The molecule has 110 valence electrons. The lowest BCUT2D eigenvalue weighted by Gasteiger charge is -2.08. The van der Waals surface area contributed by atoms with E-state index in [9.17, 15) is 0 Å². The number of rotatable bonds is 5. The molecule has 0 fully saturated rings. The van der Waals surface area contributed by atoms with Gasteiger partial charge in [-0.1, -0.05) is 12.1 Å². The van der Waals surface area contributed by atoms with Gasteiger partial charge in [-0.05, 0) is 45.8 Å². The number of hydrogen-bond acceptors (Lipinski definition) is 6. The van der Waals surface area contributed by atoms with Crippen molar-refractivity contribution in [2.75, 3.05) is 10.6 Å². The second kappa shape index (κ2) is 6.95. The number of para-hydroxylation sites is 1. The minimum atomic E-state index is 0.437. The van der Waals surface area contributed by atoms with E-state index in [-0.39, 0.29) is 0 Å². The van der Waals surface area contributed by atoms with Crippen LogP contribution in [0.4, 0.5) is 17.5 Å². The van der Waals surface area contributed by atoms with Crippen LogP contribution in [0.15, 0.2) is 59.5 Å². The first-order valence-electron chi connectivity index (χ1n) is 6.65. The molecule has 22 heavy (non-hydrogen) atoms. The van der Waals surface area contributed by atoms with Crippen LogP contribution in [0, 0.1) is 0 Å². The normalized spacial score (nSPS) is 10.2. The third kappa shape index (κ3) is 3.76. The Bertz CT molecular complexity index is 750. The molecule has 2 N–H and O–H groups in total. The summed E-state index contributed by atoms with van der Waals surface area (Å²) in [5, 5.41) is 14.3. The molecule has 0 amide bonds. The summed E-state index contributed by atoms with van der Waals surface area (Å²) in [6.45, 7) is 0.648. The Morgan fingerprint density at radius 2 is 1.86 bits per heavy atom. The quantitative estimate of drug-likeness (QED) is 0.729. The van der Waals surface area contributed by atoms with Crippen molar-refractivity contribution in [2.45, 2.75) is 6.54 Å². The molecule has 0 bridgehead atoms. The van der Waals surface area contributed by atoms with E-state index in [0.717, 1.165) is 15.7 Å². The number of benzene rings is 1. The monoisotopic (exact) mass is 356 g/mol. The largest absolute Gasteiger partial charge is 0.365 e. The van der Waals surface area contributed by atoms with E-state index in [1.165, 1.54) is 0 Å². The maximum Gasteiger partial charge on any atom is 0.249 e. The number of halogens is 1. The molecule has 0 aliphatic heterocycles. The Morgan fingerprint density at radius 1 is 1.05 bits per heavy atom. The van der Waals surface area contributed by atoms with Gasteiger partial charge in [-0.2, -0.15) is 10.1 Å². The highest BCUT2D eigenvalue weighted by Gasteiger charge is 2.03. The van der Waals surface area contributed by atoms with Crippen LogP contribution in [-0.4, -0.2) is 20.2 Å². The van der Waals surface area contributed by atoms with Crippen LogP contribution in [0.1, 0.15) is 5.56 Å². The van der Waals surface area contributed by atoms with Gasteiger partial charge in [0.05, 0.1) is 11.9 Å². The van der Waals surface area contributed by atoms with Gasteiger partial charge in [0.15, 0.2) is 5.82 Å². The second-order valence-corrected chi connectivity index (χ2v) is 5.33. The highest BCUT2D eigenvalue weighted by molar-refractivity contribution is 9.10. The Hall–Kier alpha value is -2.54. The van der Waals surface area contributed by atoms with Crippen molar-refractivity contribution in [3.8, 4) is 0 Å². The molecule has 0 aliphatic rings. The summed E-state index contributed by atoms with van der Waals surface area (Å²) in [5.41, 5.74) is 2.00. The third-order valence-corrected chi connectivity index (χ3v) is 3.59. The van der Waals surface area contributed by atoms with Crippen molar-refractivity contribution in [3.05, 3.63) is 65.0 Å². The third-order valence-electron chi connectivity index (χ3n) is 2.90. The fourth-order valence-electron chi connectivity index (χ4n) is 1.82. The van der Waals surface area contributed by atoms with Gasteiger partial charge in [0.1, 0.15) is 0 Å². The molecule has 0 unspecified atom stereocenters.